The van der Waals surface area contributed by atoms with Crippen LogP contribution in [-0.4, -0.2) is 8.42 Å². The molecule has 0 saturated heterocycles. The summed E-state index contributed by atoms with van der Waals surface area (Å²) in [6.07, 6.45) is -4.06. The van der Waals surface area contributed by atoms with Gasteiger partial charge in [-0.2, -0.15) is 13.2 Å². The third kappa shape index (κ3) is 4.22. The molecule has 0 bridgehead atoms. The lowest BCUT2D eigenvalue weighted by molar-refractivity contribution is -0.137. The number of aryl methyl sites for hydroxylation is 1. The molecule has 2 aromatic carbocycles. The second-order valence-electron chi connectivity index (χ2n) is 4.83. The van der Waals surface area contributed by atoms with Crippen molar-refractivity contribution in [1.82, 2.24) is 0 Å². The topological polar surface area (TPSA) is 46.2 Å². The second-order valence-corrected chi connectivity index (χ2v) is 6.51. The Morgan fingerprint density at radius 3 is 2.17 bits per heavy atom. The lowest BCUT2D eigenvalue weighted by Crippen LogP contribution is -2.14. The first-order chi connectivity index (χ1) is 10.6. The monoisotopic (exact) mass is 347 g/mol. The van der Waals surface area contributed by atoms with Crippen LogP contribution in [0, 0.1) is 5.82 Å². The number of hydrogen-bond donors (Lipinski definition) is 1. The summed E-state index contributed by atoms with van der Waals surface area (Å²) in [7, 11) is -4.10. The molecule has 0 heterocycles. The first kappa shape index (κ1) is 17.3. The molecule has 0 aliphatic heterocycles. The molecule has 0 atom stereocenters. The average molecular weight is 347 g/mol. The molecular weight excluding hydrogens is 334 g/mol. The minimum absolute atomic E-state index is 0.118. The Hall–Kier alpha value is -2.09. The van der Waals surface area contributed by atoms with Gasteiger partial charge >= 0.3 is 6.18 Å². The van der Waals surface area contributed by atoms with Crippen LogP contribution < -0.4 is 4.72 Å². The van der Waals surface area contributed by atoms with E-state index in [1.165, 1.54) is 12.1 Å². The summed E-state index contributed by atoms with van der Waals surface area (Å²) in [6.45, 7) is 1.90. The van der Waals surface area contributed by atoms with Crippen molar-refractivity contribution < 1.29 is 26.0 Å². The third-order valence-corrected chi connectivity index (χ3v) is 4.52. The molecule has 0 radical (unpaired) electrons. The second kappa shape index (κ2) is 6.19. The summed E-state index contributed by atoms with van der Waals surface area (Å²) in [4.78, 5) is -0.118. The van der Waals surface area contributed by atoms with E-state index in [4.69, 9.17) is 0 Å². The number of hydrogen-bond acceptors (Lipinski definition) is 2. The summed E-state index contributed by atoms with van der Waals surface area (Å²) in [5.41, 5.74) is -0.845. The molecule has 1 N–H and O–H groups in total. The molecule has 3 nitrogen and oxygen atoms in total. The molecule has 124 valence electrons. The van der Waals surface area contributed by atoms with E-state index < -0.39 is 33.3 Å². The summed E-state index contributed by atoms with van der Waals surface area (Å²) in [5.74, 6) is -1.18. The van der Waals surface area contributed by atoms with Crippen molar-refractivity contribution in [3.63, 3.8) is 0 Å². The molecule has 0 aliphatic rings. The van der Waals surface area contributed by atoms with Crippen LogP contribution in [0.4, 0.5) is 23.2 Å². The van der Waals surface area contributed by atoms with Gasteiger partial charge in [0.25, 0.3) is 10.0 Å². The van der Waals surface area contributed by atoms with E-state index in [1.807, 2.05) is 11.6 Å². The van der Waals surface area contributed by atoms with Crippen molar-refractivity contribution in [3.05, 3.63) is 59.4 Å². The minimum atomic E-state index is -4.77. The van der Waals surface area contributed by atoms with Crippen molar-refractivity contribution in [2.75, 3.05) is 4.72 Å². The lowest BCUT2D eigenvalue weighted by Gasteiger charge is -2.12. The Morgan fingerprint density at radius 2 is 1.65 bits per heavy atom. The number of benzene rings is 2. The van der Waals surface area contributed by atoms with Crippen LogP contribution in [0.1, 0.15) is 18.1 Å². The fourth-order valence-electron chi connectivity index (χ4n) is 1.93. The van der Waals surface area contributed by atoms with Gasteiger partial charge in [-0.1, -0.05) is 19.1 Å². The average Bonchev–Trinajstić information content (AvgIpc) is 2.45. The van der Waals surface area contributed by atoms with Crippen LogP contribution in [0.25, 0.3) is 0 Å². The zero-order chi connectivity index (χ0) is 17.3. The first-order valence-corrected chi connectivity index (χ1v) is 8.09. The Bertz CT molecular complexity index is 799. The van der Waals surface area contributed by atoms with Crippen LogP contribution in [0.5, 0.6) is 0 Å². The molecule has 2 rings (SSSR count). The van der Waals surface area contributed by atoms with Gasteiger partial charge in [-0.25, -0.2) is 12.8 Å². The maximum atomic E-state index is 13.3. The number of alkyl halides is 3. The molecule has 0 spiro atoms. The van der Waals surface area contributed by atoms with Gasteiger partial charge in [0.05, 0.1) is 16.1 Å². The van der Waals surface area contributed by atoms with Crippen LogP contribution in [-0.2, 0) is 22.6 Å². The fraction of sp³-hybridized carbons (Fsp3) is 0.200. The summed E-state index contributed by atoms with van der Waals surface area (Å²) < 4.78 is 77.5. The Morgan fingerprint density at radius 1 is 1.04 bits per heavy atom. The normalized spacial score (nSPS) is 12.2. The van der Waals surface area contributed by atoms with Gasteiger partial charge in [-0.05, 0) is 42.3 Å². The van der Waals surface area contributed by atoms with Gasteiger partial charge < -0.3 is 0 Å². The van der Waals surface area contributed by atoms with Crippen molar-refractivity contribution in [2.24, 2.45) is 0 Å². The Labute approximate surface area is 131 Å². The van der Waals surface area contributed by atoms with Crippen LogP contribution >= 0.6 is 0 Å². The van der Waals surface area contributed by atoms with Crippen molar-refractivity contribution in [2.45, 2.75) is 24.4 Å². The van der Waals surface area contributed by atoms with E-state index >= 15 is 0 Å². The lowest BCUT2D eigenvalue weighted by atomic mass is 10.2. The van der Waals surface area contributed by atoms with Gasteiger partial charge in [0.15, 0.2) is 0 Å². The molecule has 23 heavy (non-hydrogen) atoms. The summed E-state index contributed by atoms with van der Waals surface area (Å²) >= 11 is 0. The van der Waals surface area contributed by atoms with Crippen LogP contribution in [0.3, 0.4) is 0 Å². The quantitative estimate of drug-likeness (QED) is 0.842. The maximum Gasteiger partial charge on any atom is 0.416 e. The fourth-order valence-corrected chi connectivity index (χ4v) is 2.97. The van der Waals surface area contributed by atoms with E-state index in [2.05, 4.69) is 0 Å². The Kier molecular flexibility index (Phi) is 4.65. The number of sulfonamides is 1. The molecule has 2 aromatic rings. The number of rotatable bonds is 4. The Balaban J connectivity index is 2.35. The standard InChI is InChI=1S/C15H13F4NO2S/c1-2-10-3-5-14(6-4-10)23(21,22)20-13-8-11(15(17,18)19)7-12(16)9-13/h3-9,20H,2H2,1H3. The predicted octanol–water partition coefficient (Wildman–Crippen LogP) is 4.21. The van der Waals surface area contributed by atoms with Crippen molar-refractivity contribution >= 4 is 15.7 Å². The SMILES string of the molecule is CCc1ccc(S(=O)(=O)Nc2cc(F)cc(C(F)(F)F)c2)cc1. The highest BCUT2D eigenvalue weighted by Gasteiger charge is 2.31. The van der Waals surface area contributed by atoms with Crippen LogP contribution in [0.2, 0.25) is 0 Å². The highest BCUT2D eigenvalue weighted by atomic mass is 32.2. The molecule has 0 saturated carbocycles. The minimum Gasteiger partial charge on any atom is -0.280 e. The zero-order valence-electron chi connectivity index (χ0n) is 12.0. The number of halogens is 4. The smallest absolute Gasteiger partial charge is 0.280 e. The molecular formula is C15H13F4NO2S. The van der Waals surface area contributed by atoms with Crippen molar-refractivity contribution in [3.8, 4) is 0 Å². The predicted molar refractivity (Wildman–Crippen MR) is 78.0 cm³/mol. The molecule has 0 amide bonds. The zero-order valence-corrected chi connectivity index (χ0v) is 12.8. The van der Waals surface area contributed by atoms with E-state index in [1.54, 1.807) is 12.1 Å². The van der Waals surface area contributed by atoms with Crippen molar-refractivity contribution in [1.29, 1.82) is 0 Å². The maximum absolute atomic E-state index is 13.3. The summed E-state index contributed by atoms with van der Waals surface area (Å²) in [6, 6.07) is 7.40. The molecule has 0 unspecified atom stereocenters. The van der Waals surface area contributed by atoms with E-state index in [0.717, 1.165) is 5.56 Å². The molecule has 0 fully saturated rings. The van der Waals surface area contributed by atoms with E-state index in [0.29, 0.717) is 24.6 Å². The number of nitrogens with one attached hydrogen (secondary N) is 1. The summed E-state index contributed by atoms with van der Waals surface area (Å²) in [5, 5.41) is 0. The van der Waals surface area contributed by atoms with Gasteiger partial charge in [0.2, 0.25) is 0 Å². The highest BCUT2D eigenvalue weighted by molar-refractivity contribution is 7.92. The van der Waals surface area contributed by atoms with E-state index in [-0.39, 0.29) is 4.90 Å². The van der Waals surface area contributed by atoms with Gasteiger partial charge in [-0.3, -0.25) is 4.72 Å². The first-order valence-electron chi connectivity index (χ1n) is 6.61. The van der Waals surface area contributed by atoms with Gasteiger partial charge in [0, 0.05) is 0 Å². The van der Waals surface area contributed by atoms with Crippen LogP contribution in [0.15, 0.2) is 47.4 Å². The molecule has 0 aliphatic carbocycles. The van der Waals surface area contributed by atoms with Gasteiger partial charge in [-0.15, -0.1) is 0 Å². The van der Waals surface area contributed by atoms with E-state index in [9.17, 15) is 26.0 Å². The highest BCUT2D eigenvalue weighted by Crippen LogP contribution is 2.32. The molecule has 8 heteroatoms. The van der Waals surface area contributed by atoms with Gasteiger partial charge in [0.1, 0.15) is 5.82 Å². The number of anilines is 1. The third-order valence-electron chi connectivity index (χ3n) is 3.12. The largest absolute Gasteiger partial charge is 0.416 e. The molecule has 0 aromatic heterocycles.